The molecule has 156 valence electrons. The Kier molecular flexibility index (Phi) is 7.46. The zero-order valence-electron chi connectivity index (χ0n) is 16.4. The van der Waals surface area contributed by atoms with Crippen molar-refractivity contribution >= 4 is 21.8 Å². The smallest absolute Gasteiger partial charge is 0.254 e. The SMILES string of the molecule is COc1ccc(C(CNC(=O)c2cc(Br)ccc2F)N2CCOCC2)cc1OC. The second-order valence-corrected chi connectivity index (χ2v) is 7.53. The molecule has 2 aromatic rings. The summed E-state index contributed by atoms with van der Waals surface area (Å²) in [5, 5.41) is 2.87. The number of methoxy groups -OCH3 is 2. The Hall–Kier alpha value is -2.16. The zero-order valence-corrected chi connectivity index (χ0v) is 18.0. The van der Waals surface area contributed by atoms with Gasteiger partial charge in [-0.25, -0.2) is 4.39 Å². The van der Waals surface area contributed by atoms with Gasteiger partial charge in [0.1, 0.15) is 5.82 Å². The minimum Gasteiger partial charge on any atom is -0.493 e. The van der Waals surface area contributed by atoms with Crippen LogP contribution in [0.2, 0.25) is 0 Å². The molecule has 1 saturated heterocycles. The minimum atomic E-state index is -0.556. The summed E-state index contributed by atoms with van der Waals surface area (Å²) in [6, 6.07) is 9.90. The molecule has 29 heavy (non-hydrogen) atoms. The first-order chi connectivity index (χ1) is 14.0. The number of nitrogens with one attached hydrogen (secondary N) is 1. The number of carbonyl (C=O) groups is 1. The Morgan fingerprint density at radius 1 is 1.17 bits per heavy atom. The van der Waals surface area contributed by atoms with Crippen LogP contribution in [-0.4, -0.2) is 57.9 Å². The lowest BCUT2D eigenvalue weighted by Crippen LogP contribution is -2.44. The Labute approximate surface area is 178 Å². The molecular formula is C21H24BrFN2O4. The van der Waals surface area contributed by atoms with Gasteiger partial charge in [0.05, 0.1) is 39.0 Å². The maximum Gasteiger partial charge on any atom is 0.254 e. The maximum atomic E-state index is 14.1. The molecule has 8 heteroatoms. The molecule has 0 bridgehead atoms. The lowest BCUT2D eigenvalue weighted by Gasteiger charge is -2.35. The fourth-order valence-corrected chi connectivity index (χ4v) is 3.72. The number of benzene rings is 2. The standard InChI is InChI=1S/C21H24BrFN2O4/c1-27-19-6-3-14(11-20(19)28-2)18(25-7-9-29-10-8-25)13-24-21(26)16-12-15(22)4-5-17(16)23/h3-6,11-12,18H,7-10,13H2,1-2H3,(H,24,26). The summed E-state index contributed by atoms with van der Waals surface area (Å²) in [7, 11) is 3.17. The van der Waals surface area contributed by atoms with Gasteiger partial charge < -0.3 is 19.5 Å². The van der Waals surface area contributed by atoms with Gasteiger partial charge in [0.25, 0.3) is 5.91 Å². The number of hydrogen-bond donors (Lipinski definition) is 1. The molecule has 0 spiro atoms. The quantitative estimate of drug-likeness (QED) is 0.677. The van der Waals surface area contributed by atoms with Gasteiger partial charge in [0, 0.05) is 24.1 Å². The van der Waals surface area contributed by atoms with Crippen LogP contribution in [0.15, 0.2) is 40.9 Å². The number of halogens is 2. The predicted octanol–water partition coefficient (Wildman–Crippen LogP) is 3.41. The molecule has 1 N–H and O–H groups in total. The van der Waals surface area contributed by atoms with Gasteiger partial charge in [0.2, 0.25) is 0 Å². The van der Waals surface area contributed by atoms with E-state index in [9.17, 15) is 9.18 Å². The van der Waals surface area contributed by atoms with E-state index in [0.29, 0.717) is 35.7 Å². The van der Waals surface area contributed by atoms with E-state index in [2.05, 4.69) is 26.1 Å². The lowest BCUT2D eigenvalue weighted by atomic mass is 10.0. The third-order valence-corrected chi connectivity index (χ3v) is 5.40. The lowest BCUT2D eigenvalue weighted by molar-refractivity contribution is 0.0162. The van der Waals surface area contributed by atoms with Crippen LogP contribution in [0.5, 0.6) is 11.5 Å². The number of ether oxygens (including phenoxy) is 3. The third kappa shape index (κ3) is 5.26. The van der Waals surface area contributed by atoms with E-state index in [-0.39, 0.29) is 11.6 Å². The van der Waals surface area contributed by atoms with E-state index >= 15 is 0 Å². The van der Waals surface area contributed by atoms with Gasteiger partial charge in [-0.3, -0.25) is 9.69 Å². The highest BCUT2D eigenvalue weighted by Crippen LogP contribution is 2.32. The van der Waals surface area contributed by atoms with Crippen molar-refractivity contribution in [2.75, 3.05) is 47.1 Å². The summed E-state index contributed by atoms with van der Waals surface area (Å²) in [6.45, 7) is 3.04. The molecule has 6 nitrogen and oxygen atoms in total. The van der Waals surface area contributed by atoms with Gasteiger partial charge in [-0.1, -0.05) is 22.0 Å². The van der Waals surface area contributed by atoms with Crippen molar-refractivity contribution in [3.63, 3.8) is 0 Å². The van der Waals surface area contributed by atoms with E-state index < -0.39 is 11.7 Å². The van der Waals surface area contributed by atoms with Gasteiger partial charge >= 0.3 is 0 Å². The summed E-state index contributed by atoms with van der Waals surface area (Å²) in [5.41, 5.74) is 0.979. The Morgan fingerprint density at radius 2 is 1.90 bits per heavy atom. The highest BCUT2D eigenvalue weighted by Gasteiger charge is 2.25. The van der Waals surface area contributed by atoms with Crippen molar-refractivity contribution in [2.24, 2.45) is 0 Å². The van der Waals surface area contributed by atoms with Gasteiger partial charge in [0.15, 0.2) is 11.5 Å². The molecule has 2 aromatic carbocycles. The van der Waals surface area contributed by atoms with Crippen LogP contribution >= 0.6 is 15.9 Å². The van der Waals surface area contributed by atoms with Crippen molar-refractivity contribution in [2.45, 2.75) is 6.04 Å². The molecule has 1 amide bonds. The first-order valence-electron chi connectivity index (χ1n) is 9.30. The Bertz CT molecular complexity index is 859. The normalized spacial score (nSPS) is 15.6. The molecule has 1 unspecified atom stereocenters. The Morgan fingerprint density at radius 3 is 2.59 bits per heavy atom. The van der Waals surface area contributed by atoms with Crippen LogP contribution in [0.3, 0.4) is 0 Å². The van der Waals surface area contributed by atoms with Crippen molar-refractivity contribution in [3.8, 4) is 11.5 Å². The molecule has 0 aliphatic carbocycles. The largest absolute Gasteiger partial charge is 0.493 e. The topological polar surface area (TPSA) is 60.0 Å². The zero-order chi connectivity index (χ0) is 20.8. The van der Waals surface area contributed by atoms with Crippen LogP contribution < -0.4 is 14.8 Å². The van der Waals surface area contributed by atoms with Crippen molar-refractivity contribution in [3.05, 3.63) is 57.8 Å². The number of nitrogens with zero attached hydrogens (tertiary/aromatic N) is 1. The number of morpholine rings is 1. The van der Waals surface area contributed by atoms with Crippen LogP contribution in [0, 0.1) is 5.82 Å². The second-order valence-electron chi connectivity index (χ2n) is 6.61. The van der Waals surface area contributed by atoms with E-state index in [0.717, 1.165) is 18.7 Å². The summed E-state index contributed by atoms with van der Waals surface area (Å²) in [6.07, 6.45) is 0. The predicted molar refractivity (Wildman–Crippen MR) is 111 cm³/mol. The minimum absolute atomic E-state index is 0.00686. The second kappa shape index (κ2) is 10.0. The average molecular weight is 467 g/mol. The fraction of sp³-hybridized carbons (Fsp3) is 0.381. The number of rotatable bonds is 7. The van der Waals surface area contributed by atoms with Gasteiger partial charge in [-0.2, -0.15) is 0 Å². The molecule has 0 saturated carbocycles. The molecule has 1 aliphatic heterocycles. The van der Waals surface area contributed by atoms with E-state index in [1.165, 1.54) is 12.1 Å². The summed E-state index contributed by atoms with van der Waals surface area (Å²) >= 11 is 3.28. The molecule has 3 rings (SSSR count). The molecule has 1 heterocycles. The number of amides is 1. The van der Waals surface area contributed by atoms with Crippen LogP contribution in [-0.2, 0) is 4.74 Å². The fourth-order valence-electron chi connectivity index (χ4n) is 3.36. The molecule has 1 fully saturated rings. The Balaban J connectivity index is 1.82. The van der Waals surface area contributed by atoms with E-state index in [1.54, 1.807) is 20.3 Å². The third-order valence-electron chi connectivity index (χ3n) is 4.91. The van der Waals surface area contributed by atoms with Crippen LogP contribution in [0.25, 0.3) is 0 Å². The van der Waals surface area contributed by atoms with Crippen LogP contribution in [0.4, 0.5) is 4.39 Å². The number of carbonyl (C=O) groups excluding carboxylic acids is 1. The van der Waals surface area contributed by atoms with E-state index in [1.807, 2.05) is 18.2 Å². The van der Waals surface area contributed by atoms with Crippen molar-refractivity contribution in [1.29, 1.82) is 0 Å². The first kappa shape index (κ1) is 21.5. The molecular weight excluding hydrogens is 443 g/mol. The van der Waals surface area contributed by atoms with Crippen LogP contribution in [0.1, 0.15) is 22.0 Å². The molecule has 0 aromatic heterocycles. The van der Waals surface area contributed by atoms with E-state index in [4.69, 9.17) is 14.2 Å². The molecule has 0 radical (unpaired) electrons. The first-order valence-corrected chi connectivity index (χ1v) is 10.1. The van der Waals surface area contributed by atoms with Gasteiger partial charge in [-0.05, 0) is 35.9 Å². The summed E-state index contributed by atoms with van der Waals surface area (Å²) in [5.74, 6) is 0.243. The molecule has 1 atom stereocenters. The molecule has 1 aliphatic rings. The highest BCUT2D eigenvalue weighted by atomic mass is 79.9. The summed E-state index contributed by atoms with van der Waals surface area (Å²) < 4.78 is 30.9. The monoisotopic (exact) mass is 466 g/mol. The highest BCUT2D eigenvalue weighted by molar-refractivity contribution is 9.10. The van der Waals surface area contributed by atoms with Crippen molar-refractivity contribution < 1.29 is 23.4 Å². The maximum absolute atomic E-state index is 14.1. The van der Waals surface area contributed by atoms with Crippen molar-refractivity contribution in [1.82, 2.24) is 10.2 Å². The average Bonchev–Trinajstić information content (AvgIpc) is 2.76. The summed E-state index contributed by atoms with van der Waals surface area (Å²) in [4.78, 5) is 14.8. The van der Waals surface area contributed by atoms with Gasteiger partial charge in [-0.15, -0.1) is 0 Å². The number of hydrogen-bond acceptors (Lipinski definition) is 5.